The molecule has 4 heteroatoms. The summed E-state index contributed by atoms with van der Waals surface area (Å²) in [6, 6.07) is 8.54. The lowest BCUT2D eigenvalue weighted by Crippen LogP contribution is -2.42. The molecular weight excluding hydrogens is 290 g/mol. The van der Waals surface area contributed by atoms with E-state index in [-0.39, 0.29) is 6.10 Å². The van der Waals surface area contributed by atoms with E-state index in [0.29, 0.717) is 19.3 Å². The normalized spacial score (nSPS) is 24.3. The molecule has 3 rings (SSSR count). The number of β-amino-alcohol motifs (C(OH)–C–C–N with tert-alkyl or cyclic N) is 1. The minimum absolute atomic E-state index is 0.147. The summed E-state index contributed by atoms with van der Waals surface area (Å²) in [4.78, 5) is 2.32. The Labute approximate surface area is 139 Å². The van der Waals surface area contributed by atoms with E-state index in [0.717, 1.165) is 38.8 Å². The number of hydrogen-bond acceptors (Lipinski definition) is 4. The number of likely N-dealkylation sites (tertiary alicyclic amines) is 1. The van der Waals surface area contributed by atoms with Gasteiger partial charge < -0.3 is 19.5 Å². The number of methoxy groups -OCH3 is 1. The molecule has 0 radical (unpaired) electrons. The monoisotopic (exact) mass is 319 g/mol. The Hall–Kier alpha value is -0.940. The van der Waals surface area contributed by atoms with Crippen LogP contribution in [0.2, 0.25) is 0 Å². The van der Waals surface area contributed by atoms with Gasteiger partial charge in [0.25, 0.3) is 0 Å². The van der Waals surface area contributed by atoms with Crippen LogP contribution < -0.4 is 0 Å². The zero-order valence-electron chi connectivity index (χ0n) is 14.1. The van der Waals surface area contributed by atoms with Gasteiger partial charge in [0.2, 0.25) is 0 Å². The maximum absolute atomic E-state index is 10.3. The van der Waals surface area contributed by atoms with Crippen molar-refractivity contribution in [1.82, 2.24) is 4.90 Å². The van der Waals surface area contributed by atoms with Gasteiger partial charge in [0.15, 0.2) is 0 Å². The van der Waals surface area contributed by atoms with Crippen LogP contribution in [0.1, 0.15) is 42.9 Å². The van der Waals surface area contributed by atoms with Gasteiger partial charge in [-0.3, -0.25) is 0 Å². The Kier molecular flexibility index (Phi) is 6.06. The molecule has 2 unspecified atom stereocenters. The lowest BCUT2D eigenvalue weighted by molar-refractivity contribution is -0.0360. The van der Waals surface area contributed by atoms with Crippen LogP contribution in [0.15, 0.2) is 24.3 Å². The third-order valence-corrected chi connectivity index (χ3v) is 5.14. The van der Waals surface area contributed by atoms with Crippen LogP contribution in [-0.4, -0.2) is 55.6 Å². The maximum atomic E-state index is 10.3. The lowest BCUT2D eigenvalue weighted by Gasteiger charge is -2.33. The van der Waals surface area contributed by atoms with Gasteiger partial charge >= 0.3 is 0 Å². The lowest BCUT2D eigenvalue weighted by atomic mass is 9.89. The van der Waals surface area contributed by atoms with Crippen molar-refractivity contribution in [3.05, 3.63) is 35.4 Å². The fraction of sp³-hybridized carbons (Fsp3) is 0.684. The Morgan fingerprint density at radius 3 is 2.78 bits per heavy atom. The van der Waals surface area contributed by atoms with E-state index < -0.39 is 6.10 Å². The molecule has 2 aliphatic rings. The number of hydrogen-bond donors (Lipinski definition) is 1. The smallest absolute Gasteiger partial charge is 0.0900 e. The predicted molar refractivity (Wildman–Crippen MR) is 90.6 cm³/mol. The molecule has 128 valence electrons. The first-order valence-electron chi connectivity index (χ1n) is 8.89. The molecule has 1 heterocycles. The molecule has 0 amide bonds. The van der Waals surface area contributed by atoms with Crippen LogP contribution in [0.5, 0.6) is 0 Å². The first-order valence-corrected chi connectivity index (χ1v) is 8.89. The van der Waals surface area contributed by atoms with Gasteiger partial charge in [-0.15, -0.1) is 0 Å². The second-order valence-corrected chi connectivity index (χ2v) is 6.80. The zero-order valence-corrected chi connectivity index (χ0v) is 14.1. The van der Waals surface area contributed by atoms with Crippen molar-refractivity contribution < 1.29 is 14.6 Å². The number of aryl methyl sites for hydroxylation is 1. The van der Waals surface area contributed by atoms with Crippen molar-refractivity contribution in [3.8, 4) is 0 Å². The van der Waals surface area contributed by atoms with E-state index in [1.807, 2.05) is 0 Å². The topological polar surface area (TPSA) is 41.9 Å². The fourth-order valence-corrected chi connectivity index (χ4v) is 3.79. The van der Waals surface area contributed by atoms with Crippen LogP contribution in [0.25, 0.3) is 0 Å². The molecular formula is C19H29NO3. The van der Waals surface area contributed by atoms with Gasteiger partial charge in [-0.05, 0) is 43.2 Å². The Balaban J connectivity index is 1.44. The fourth-order valence-electron chi connectivity index (χ4n) is 3.79. The number of benzene rings is 1. The number of fused-ring (bicyclic) bond motifs is 1. The van der Waals surface area contributed by atoms with Gasteiger partial charge in [0.05, 0.1) is 24.9 Å². The maximum Gasteiger partial charge on any atom is 0.0900 e. The standard InChI is InChI=1S/C19H29NO3/c1-22-17-9-11-20(12-10-17)13-16(21)14-23-19-8-4-6-15-5-2-3-7-18(15)19/h2-3,5,7,16-17,19,21H,4,6,8-14H2,1H3. The van der Waals surface area contributed by atoms with Crippen molar-refractivity contribution in [1.29, 1.82) is 0 Å². The first-order chi connectivity index (χ1) is 11.3. The number of nitrogens with zero attached hydrogens (tertiary/aromatic N) is 1. The van der Waals surface area contributed by atoms with Crippen LogP contribution in [0.3, 0.4) is 0 Å². The van der Waals surface area contributed by atoms with Gasteiger partial charge in [0.1, 0.15) is 0 Å². The third kappa shape index (κ3) is 4.54. The quantitative estimate of drug-likeness (QED) is 0.875. The summed E-state index contributed by atoms with van der Waals surface area (Å²) in [6.45, 7) is 3.12. The van der Waals surface area contributed by atoms with Crippen molar-refractivity contribution in [3.63, 3.8) is 0 Å². The molecule has 0 aromatic heterocycles. The average Bonchev–Trinajstić information content (AvgIpc) is 2.60. The summed E-state index contributed by atoms with van der Waals surface area (Å²) in [5, 5.41) is 10.3. The van der Waals surface area contributed by atoms with Crippen molar-refractivity contribution in [2.45, 2.75) is 50.4 Å². The Morgan fingerprint density at radius 1 is 1.22 bits per heavy atom. The van der Waals surface area contributed by atoms with Gasteiger partial charge in [-0.2, -0.15) is 0 Å². The highest BCUT2D eigenvalue weighted by Crippen LogP contribution is 2.32. The molecule has 1 fully saturated rings. The second-order valence-electron chi connectivity index (χ2n) is 6.80. The van der Waals surface area contributed by atoms with Gasteiger partial charge in [-0.1, -0.05) is 24.3 Å². The first kappa shape index (κ1) is 16.9. The molecule has 1 aliphatic carbocycles. The summed E-state index contributed by atoms with van der Waals surface area (Å²) in [6.07, 6.45) is 5.61. The molecule has 4 nitrogen and oxygen atoms in total. The molecule has 1 aromatic rings. The zero-order chi connectivity index (χ0) is 16.1. The van der Waals surface area contributed by atoms with E-state index in [1.54, 1.807) is 7.11 Å². The minimum Gasteiger partial charge on any atom is -0.389 e. The molecule has 23 heavy (non-hydrogen) atoms. The average molecular weight is 319 g/mol. The second kappa shape index (κ2) is 8.25. The summed E-state index contributed by atoms with van der Waals surface area (Å²) < 4.78 is 11.4. The summed E-state index contributed by atoms with van der Waals surface area (Å²) in [5.74, 6) is 0. The van der Waals surface area contributed by atoms with E-state index in [2.05, 4.69) is 29.2 Å². The van der Waals surface area contributed by atoms with Crippen molar-refractivity contribution in [2.24, 2.45) is 0 Å². The molecule has 2 atom stereocenters. The summed E-state index contributed by atoms with van der Waals surface area (Å²) in [5.41, 5.74) is 2.71. The third-order valence-electron chi connectivity index (χ3n) is 5.14. The minimum atomic E-state index is -0.414. The highest BCUT2D eigenvalue weighted by Gasteiger charge is 2.23. The van der Waals surface area contributed by atoms with E-state index in [1.165, 1.54) is 17.5 Å². The predicted octanol–water partition coefficient (Wildman–Crippen LogP) is 2.55. The molecule has 1 aromatic carbocycles. The van der Waals surface area contributed by atoms with Crippen LogP contribution >= 0.6 is 0 Å². The largest absolute Gasteiger partial charge is 0.389 e. The van der Waals surface area contributed by atoms with E-state index in [4.69, 9.17) is 9.47 Å². The van der Waals surface area contributed by atoms with Crippen molar-refractivity contribution in [2.75, 3.05) is 33.4 Å². The molecule has 1 saturated heterocycles. The number of piperidine rings is 1. The highest BCUT2D eigenvalue weighted by molar-refractivity contribution is 5.31. The van der Waals surface area contributed by atoms with Crippen LogP contribution in [0.4, 0.5) is 0 Å². The van der Waals surface area contributed by atoms with Crippen LogP contribution in [0, 0.1) is 0 Å². The molecule has 1 N–H and O–H groups in total. The van der Waals surface area contributed by atoms with E-state index in [9.17, 15) is 5.11 Å². The Morgan fingerprint density at radius 2 is 2.00 bits per heavy atom. The number of rotatable bonds is 6. The van der Waals surface area contributed by atoms with Gasteiger partial charge in [-0.25, -0.2) is 0 Å². The Bertz CT molecular complexity index is 485. The van der Waals surface area contributed by atoms with Crippen molar-refractivity contribution >= 4 is 0 Å². The SMILES string of the molecule is COC1CCN(CC(O)COC2CCCc3ccccc32)CC1. The van der Waals surface area contributed by atoms with Crippen LogP contribution in [-0.2, 0) is 15.9 Å². The molecule has 0 spiro atoms. The van der Waals surface area contributed by atoms with Gasteiger partial charge in [0, 0.05) is 26.7 Å². The molecule has 0 bridgehead atoms. The number of ether oxygens (including phenoxy) is 2. The summed E-state index contributed by atoms with van der Waals surface area (Å²) >= 11 is 0. The number of aliphatic hydroxyl groups excluding tert-OH is 1. The molecule has 0 saturated carbocycles. The highest BCUT2D eigenvalue weighted by atomic mass is 16.5. The number of aliphatic hydroxyl groups is 1. The van der Waals surface area contributed by atoms with E-state index >= 15 is 0 Å². The molecule has 1 aliphatic heterocycles. The summed E-state index contributed by atoms with van der Waals surface area (Å²) in [7, 11) is 1.78.